The molecule has 0 saturated carbocycles. The van der Waals surface area contributed by atoms with Crippen LogP contribution >= 0.6 is 0 Å². The highest BCUT2D eigenvalue weighted by Crippen LogP contribution is 2.11. The summed E-state index contributed by atoms with van der Waals surface area (Å²) in [6.45, 7) is 8.11. The fourth-order valence-electron chi connectivity index (χ4n) is 1.48. The smallest absolute Gasteiger partial charge is 0.180 e. The lowest BCUT2D eigenvalue weighted by Crippen LogP contribution is -2.47. The molecule has 0 heterocycles. The van der Waals surface area contributed by atoms with Crippen molar-refractivity contribution < 1.29 is 9.90 Å². The topological polar surface area (TPSA) is 49.3 Å². The van der Waals surface area contributed by atoms with E-state index in [2.05, 4.69) is 19.2 Å². The number of ketones is 1. The number of carbonyl (C=O) groups excluding carboxylic acids is 1. The Morgan fingerprint density at radius 3 is 2.33 bits per heavy atom. The normalized spacial score (nSPS) is 13.9. The molecule has 1 unspecified atom stereocenters. The maximum atomic E-state index is 11.9. The van der Waals surface area contributed by atoms with E-state index < -0.39 is 5.60 Å². The van der Waals surface area contributed by atoms with Gasteiger partial charge in [0.1, 0.15) is 5.60 Å². The van der Waals surface area contributed by atoms with E-state index in [-0.39, 0.29) is 11.8 Å². The molecule has 0 aromatic carbocycles. The van der Waals surface area contributed by atoms with Crippen LogP contribution in [-0.4, -0.2) is 29.1 Å². The van der Waals surface area contributed by atoms with Gasteiger partial charge in [-0.2, -0.15) is 0 Å². The maximum Gasteiger partial charge on any atom is 0.180 e. The molecular weight excluding hydrogens is 190 g/mol. The van der Waals surface area contributed by atoms with Gasteiger partial charge in [-0.3, -0.25) is 4.79 Å². The van der Waals surface area contributed by atoms with E-state index in [0.717, 1.165) is 32.2 Å². The molecular formula is C12H25NO2. The molecule has 1 atom stereocenters. The second kappa shape index (κ2) is 6.96. The van der Waals surface area contributed by atoms with Gasteiger partial charge < -0.3 is 10.4 Å². The zero-order valence-corrected chi connectivity index (χ0v) is 10.5. The number of rotatable bonds is 8. The predicted octanol–water partition coefficient (Wildman–Crippen LogP) is 1.88. The molecule has 0 radical (unpaired) electrons. The Hall–Kier alpha value is -0.410. The first-order valence-electron chi connectivity index (χ1n) is 5.93. The van der Waals surface area contributed by atoms with Crippen LogP contribution in [0.5, 0.6) is 0 Å². The number of hydrogen-bond donors (Lipinski definition) is 2. The number of aliphatic hydroxyl groups is 1. The van der Waals surface area contributed by atoms with Crippen LogP contribution in [0.2, 0.25) is 0 Å². The molecule has 0 fully saturated rings. The molecule has 0 spiro atoms. The summed E-state index contributed by atoms with van der Waals surface area (Å²) >= 11 is 0. The molecule has 0 aromatic heterocycles. The molecule has 0 saturated heterocycles. The van der Waals surface area contributed by atoms with Crippen molar-refractivity contribution in [1.82, 2.24) is 5.32 Å². The second-order valence-electron chi connectivity index (χ2n) is 4.57. The summed E-state index contributed by atoms with van der Waals surface area (Å²) < 4.78 is 0. The summed E-state index contributed by atoms with van der Waals surface area (Å²) in [6, 6.07) is -0.190. The van der Waals surface area contributed by atoms with Crippen LogP contribution in [0.1, 0.15) is 53.4 Å². The van der Waals surface area contributed by atoms with Crippen molar-refractivity contribution in [3.05, 3.63) is 0 Å². The molecule has 0 aromatic rings. The molecule has 0 rings (SSSR count). The van der Waals surface area contributed by atoms with Gasteiger partial charge in [0, 0.05) is 0 Å². The van der Waals surface area contributed by atoms with Gasteiger partial charge in [-0.05, 0) is 33.2 Å². The van der Waals surface area contributed by atoms with Gasteiger partial charge in [0.25, 0.3) is 0 Å². The molecule has 90 valence electrons. The quantitative estimate of drug-likeness (QED) is 0.650. The van der Waals surface area contributed by atoms with Crippen molar-refractivity contribution in [1.29, 1.82) is 0 Å². The molecule has 0 aliphatic heterocycles. The van der Waals surface area contributed by atoms with Gasteiger partial charge in [0.05, 0.1) is 6.04 Å². The molecule has 0 bridgehead atoms. The number of carbonyl (C=O) groups is 1. The molecule has 3 heteroatoms. The van der Waals surface area contributed by atoms with Gasteiger partial charge >= 0.3 is 0 Å². The third-order valence-electron chi connectivity index (χ3n) is 2.41. The Morgan fingerprint density at radius 2 is 1.93 bits per heavy atom. The highest BCUT2D eigenvalue weighted by Gasteiger charge is 2.30. The van der Waals surface area contributed by atoms with Gasteiger partial charge in [0.2, 0.25) is 0 Å². The highest BCUT2D eigenvalue weighted by molar-refractivity contribution is 5.91. The van der Waals surface area contributed by atoms with Crippen molar-refractivity contribution in [3.8, 4) is 0 Å². The minimum Gasteiger partial charge on any atom is -0.383 e. The fraction of sp³-hybridized carbons (Fsp3) is 0.917. The highest BCUT2D eigenvalue weighted by atomic mass is 16.3. The lowest BCUT2D eigenvalue weighted by atomic mass is 9.93. The Bertz CT molecular complexity index is 177. The first-order chi connectivity index (χ1) is 6.93. The number of Topliss-reactive ketones (excluding diaryl/α,β-unsaturated/α-hetero) is 1. The minimum absolute atomic E-state index is 0.0931. The molecule has 2 N–H and O–H groups in total. The molecule has 3 nitrogen and oxygen atoms in total. The average Bonchev–Trinajstić information content (AvgIpc) is 2.16. The first-order valence-corrected chi connectivity index (χ1v) is 5.93. The molecule has 0 aliphatic rings. The van der Waals surface area contributed by atoms with Crippen LogP contribution in [0.15, 0.2) is 0 Å². The SMILES string of the molecule is CCCCC(NCCC)C(=O)C(C)(C)O. The van der Waals surface area contributed by atoms with Gasteiger partial charge in [-0.25, -0.2) is 0 Å². The molecule has 15 heavy (non-hydrogen) atoms. The van der Waals surface area contributed by atoms with E-state index in [0.29, 0.717) is 0 Å². The van der Waals surface area contributed by atoms with E-state index in [4.69, 9.17) is 0 Å². The van der Waals surface area contributed by atoms with E-state index >= 15 is 0 Å². The minimum atomic E-state index is -1.22. The van der Waals surface area contributed by atoms with Crippen LogP contribution in [0.3, 0.4) is 0 Å². The van der Waals surface area contributed by atoms with Crippen LogP contribution in [0.25, 0.3) is 0 Å². The van der Waals surface area contributed by atoms with Crippen LogP contribution in [0.4, 0.5) is 0 Å². The van der Waals surface area contributed by atoms with Crippen molar-refractivity contribution >= 4 is 5.78 Å². The summed E-state index contributed by atoms with van der Waals surface area (Å²) in [5.74, 6) is -0.0931. The lowest BCUT2D eigenvalue weighted by molar-refractivity contribution is -0.136. The fourth-order valence-corrected chi connectivity index (χ4v) is 1.48. The van der Waals surface area contributed by atoms with Crippen molar-refractivity contribution in [2.24, 2.45) is 0 Å². The zero-order chi connectivity index (χ0) is 11.9. The largest absolute Gasteiger partial charge is 0.383 e. The average molecular weight is 215 g/mol. The predicted molar refractivity (Wildman–Crippen MR) is 62.9 cm³/mol. The monoisotopic (exact) mass is 215 g/mol. The van der Waals surface area contributed by atoms with E-state index in [1.54, 1.807) is 13.8 Å². The zero-order valence-electron chi connectivity index (χ0n) is 10.5. The van der Waals surface area contributed by atoms with Gasteiger partial charge in [-0.1, -0.05) is 26.7 Å². The Kier molecular flexibility index (Phi) is 6.77. The van der Waals surface area contributed by atoms with Gasteiger partial charge in [0.15, 0.2) is 5.78 Å². The summed E-state index contributed by atoms with van der Waals surface area (Å²) in [6.07, 6.45) is 3.91. The van der Waals surface area contributed by atoms with E-state index in [9.17, 15) is 9.90 Å². The Balaban J connectivity index is 4.27. The number of unbranched alkanes of at least 4 members (excludes halogenated alkanes) is 1. The first kappa shape index (κ1) is 14.6. The summed E-state index contributed by atoms with van der Waals surface area (Å²) in [7, 11) is 0. The van der Waals surface area contributed by atoms with Crippen molar-refractivity contribution in [3.63, 3.8) is 0 Å². The summed E-state index contributed by atoms with van der Waals surface area (Å²) in [5, 5.41) is 12.9. The van der Waals surface area contributed by atoms with Crippen LogP contribution in [-0.2, 0) is 4.79 Å². The summed E-state index contributed by atoms with van der Waals surface area (Å²) in [5.41, 5.74) is -1.22. The summed E-state index contributed by atoms with van der Waals surface area (Å²) in [4.78, 5) is 11.9. The standard InChI is InChI=1S/C12H25NO2/c1-5-7-8-10(13-9-6-2)11(14)12(3,4)15/h10,13,15H,5-9H2,1-4H3. The van der Waals surface area contributed by atoms with E-state index in [1.165, 1.54) is 0 Å². The molecule has 0 aliphatic carbocycles. The Morgan fingerprint density at radius 1 is 1.33 bits per heavy atom. The van der Waals surface area contributed by atoms with Crippen molar-refractivity contribution in [2.75, 3.05) is 6.54 Å². The van der Waals surface area contributed by atoms with Gasteiger partial charge in [-0.15, -0.1) is 0 Å². The lowest BCUT2D eigenvalue weighted by Gasteiger charge is -2.24. The van der Waals surface area contributed by atoms with E-state index in [1.807, 2.05) is 0 Å². The maximum absolute atomic E-state index is 11.9. The van der Waals surface area contributed by atoms with Crippen molar-refractivity contribution in [2.45, 2.75) is 65.0 Å². The molecule has 0 amide bonds. The third-order valence-corrected chi connectivity index (χ3v) is 2.41. The number of nitrogens with one attached hydrogen (secondary N) is 1. The third kappa shape index (κ3) is 5.90. The Labute approximate surface area is 93.3 Å². The van der Waals surface area contributed by atoms with Crippen LogP contribution < -0.4 is 5.32 Å². The second-order valence-corrected chi connectivity index (χ2v) is 4.57. The van der Waals surface area contributed by atoms with Crippen LogP contribution in [0, 0.1) is 0 Å². The number of hydrogen-bond acceptors (Lipinski definition) is 3.